The van der Waals surface area contributed by atoms with E-state index in [2.05, 4.69) is 5.32 Å². The third-order valence-corrected chi connectivity index (χ3v) is 4.03. The average molecular weight is 382 g/mol. The second-order valence-corrected chi connectivity index (χ2v) is 5.96. The van der Waals surface area contributed by atoms with E-state index in [0.29, 0.717) is 21.5 Å². The van der Waals surface area contributed by atoms with Crippen molar-refractivity contribution in [1.29, 1.82) is 0 Å². The molecule has 1 N–H and O–H groups in total. The first kappa shape index (κ1) is 19.1. The highest BCUT2D eigenvalue weighted by atomic mass is 35.5. The van der Waals surface area contributed by atoms with E-state index in [-0.39, 0.29) is 13.0 Å². The number of carbonyl (C=O) groups is 2. The molecule has 5 nitrogen and oxygen atoms in total. The molecular formula is C18H17Cl2NO4. The predicted octanol–water partition coefficient (Wildman–Crippen LogP) is 4.25. The molecule has 0 saturated heterocycles. The van der Waals surface area contributed by atoms with Gasteiger partial charge in [-0.2, -0.15) is 0 Å². The summed E-state index contributed by atoms with van der Waals surface area (Å²) in [5.41, 5.74) is 1.08. The first-order valence-electron chi connectivity index (χ1n) is 7.55. The normalized spacial score (nSPS) is 10.2. The van der Waals surface area contributed by atoms with Gasteiger partial charge in [-0.3, -0.25) is 9.59 Å². The number of aryl methyl sites for hydroxylation is 1. The van der Waals surface area contributed by atoms with Gasteiger partial charge in [-0.25, -0.2) is 0 Å². The molecule has 2 aromatic carbocycles. The van der Waals surface area contributed by atoms with Crippen LogP contribution in [0.4, 0.5) is 5.69 Å². The molecule has 0 radical (unpaired) electrons. The zero-order valence-corrected chi connectivity index (χ0v) is 15.1. The number of hydrogen-bond donors (Lipinski definition) is 1. The highest BCUT2D eigenvalue weighted by Gasteiger charge is 2.13. The molecule has 0 aliphatic heterocycles. The summed E-state index contributed by atoms with van der Waals surface area (Å²) < 4.78 is 10.3. The van der Waals surface area contributed by atoms with Crippen LogP contribution in [0.3, 0.4) is 0 Å². The Morgan fingerprint density at radius 1 is 1.08 bits per heavy atom. The minimum Gasteiger partial charge on any atom is -0.493 e. The molecule has 0 spiro atoms. The number of rotatable bonds is 7. The van der Waals surface area contributed by atoms with E-state index in [1.54, 1.807) is 31.2 Å². The highest BCUT2D eigenvalue weighted by Crippen LogP contribution is 2.32. The van der Waals surface area contributed by atoms with Crippen molar-refractivity contribution >= 4 is 40.8 Å². The van der Waals surface area contributed by atoms with Gasteiger partial charge in [0.25, 0.3) is 5.91 Å². The molecule has 0 saturated carbocycles. The van der Waals surface area contributed by atoms with Gasteiger partial charge in [0.05, 0.1) is 28.8 Å². The van der Waals surface area contributed by atoms with Crippen LogP contribution in [0.2, 0.25) is 10.0 Å². The van der Waals surface area contributed by atoms with Gasteiger partial charge < -0.3 is 14.8 Å². The summed E-state index contributed by atoms with van der Waals surface area (Å²) in [5.74, 6) is -0.393. The second kappa shape index (κ2) is 9.30. The van der Waals surface area contributed by atoms with Crippen molar-refractivity contribution in [1.82, 2.24) is 0 Å². The Kier molecular flexibility index (Phi) is 7.10. The van der Waals surface area contributed by atoms with Gasteiger partial charge in [0.1, 0.15) is 5.75 Å². The van der Waals surface area contributed by atoms with Crippen LogP contribution in [0.5, 0.6) is 5.75 Å². The van der Waals surface area contributed by atoms with Crippen LogP contribution in [0.25, 0.3) is 0 Å². The quantitative estimate of drug-likeness (QED) is 0.727. The highest BCUT2D eigenvalue weighted by molar-refractivity contribution is 6.40. The smallest absolute Gasteiger partial charge is 0.309 e. The maximum absolute atomic E-state index is 11.9. The Bertz CT molecular complexity index is 750. The molecule has 0 bridgehead atoms. The number of para-hydroxylation sites is 1. The number of hydrogen-bond acceptors (Lipinski definition) is 4. The number of ether oxygens (including phenoxy) is 2. The summed E-state index contributed by atoms with van der Waals surface area (Å²) in [5, 5.41) is 3.21. The number of amides is 1. The topological polar surface area (TPSA) is 64.6 Å². The Labute approximate surface area is 155 Å². The maximum atomic E-state index is 11.9. The number of halogens is 2. The van der Waals surface area contributed by atoms with Crippen molar-refractivity contribution in [3.05, 3.63) is 58.1 Å². The molecule has 0 fully saturated rings. The number of benzene rings is 2. The Morgan fingerprint density at radius 3 is 2.52 bits per heavy atom. The number of anilines is 1. The fourth-order valence-corrected chi connectivity index (χ4v) is 2.40. The fourth-order valence-electron chi connectivity index (χ4n) is 1.93. The van der Waals surface area contributed by atoms with Gasteiger partial charge in [-0.1, -0.05) is 47.5 Å². The van der Waals surface area contributed by atoms with Crippen LogP contribution in [0, 0.1) is 6.92 Å². The zero-order valence-electron chi connectivity index (χ0n) is 13.6. The van der Waals surface area contributed by atoms with E-state index in [1.807, 2.05) is 18.2 Å². The van der Waals surface area contributed by atoms with Gasteiger partial charge in [0.2, 0.25) is 0 Å². The zero-order chi connectivity index (χ0) is 18.2. The van der Waals surface area contributed by atoms with Crippen molar-refractivity contribution in [2.24, 2.45) is 0 Å². The Hall–Kier alpha value is -2.24. The minimum atomic E-state index is -0.535. The minimum absolute atomic E-state index is 0.0358. The van der Waals surface area contributed by atoms with Crippen LogP contribution in [-0.2, 0) is 14.3 Å². The van der Waals surface area contributed by atoms with Crippen LogP contribution in [0.1, 0.15) is 12.0 Å². The lowest BCUT2D eigenvalue weighted by Gasteiger charge is -2.11. The monoisotopic (exact) mass is 381 g/mol. The van der Waals surface area contributed by atoms with Gasteiger partial charge in [0.15, 0.2) is 6.61 Å². The van der Waals surface area contributed by atoms with Gasteiger partial charge in [-0.05, 0) is 30.7 Å². The number of carbonyl (C=O) groups excluding carboxylic acids is 2. The van der Waals surface area contributed by atoms with Gasteiger partial charge >= 0.3 is 5.97 Å². The summed E-state index contributed by atoms with van der Waals surface area (Å²) in [6.45, 7) is 1.53. The Morgan fingerprint density at radius 2 is 1.80 bits per heavy atom. The van der Waals surface area contributed by atoms with Crippen molar-refractivity contribution in [3.63, 3.8) is 0 Å². The van der Waals surface area contributed by atoms with Crippen LogP contribution in [-0.4, -0.2) is 25.1 Å². The van der Waals surface area contributed by atoms with E-state index in [1.165, 1.54) is 0 Å². The van der Waals surface area contributed by atoms with Crippen molar-refractivity contribution in [2.45, 2.75) is 13.3 Å². The molecule has 0 aliphatic carbocycles. The summed E-state index contributed by atoms with van der Waals surface area (Å²) in [7, 11) is 0. The van der Waals surface area contributed by atoms with E-state index < -0.39 is 18.5 Å². The molecule has 2 aromatic rings. The van der Waals surface area contributed by atoms with E-state index in [4.69, 9.17) is 32.7 Å². The summed E-state index contributed by atoms with van der Waals surface area (Å²) in [4.78, 5) is 23.5. The van der Waals surface area contributed by atoms with Crippen molar-refractivity contribution in [2.75, 3.05) is 18.5 Å². The third-order valence-electron chi connectivity index (χ3n) is 3.23. The molecule has 0 unspecified atom stereocenters. The molecule has 7 heteroatoms. The molecule has 1 amide bonds. The van der Waals surface area contributed by atoms with Crippen molar-refractivity contribution < 1.29 is 19.1 Å². The Balaban J connectivity index is 1.74. The molecule has 0 heterocycles. The fraction of sp³-hybridized carbons (Fsp3) is 0.222. The molecular weight excluding hydrogens is 365 g/mol. The largest absolute Gasteiger partial charge is 0.493 e. The maximum Gasteiger partial charge on any atom is 0.309 e. The van der Waals surface area contributed by atoms with E-state index in [0.717, 1.165) is 5.56 Å². The lowest BCUT2D eigenvalue weighted by Crippen LogP contribution is -2.22. The number of nitrogens with one attached hydrogen (secondary N) is 1. The molecule has 132 valence electrons. The predicted molar refractivity (Wildman–Crippen MR) is 97.3 cm³/mol. The summed E-state index contributed by atoms with van der Waals surface area (Å²) >= 11 is 12.1. The average Bonchev–Trinajstić information content (AvgIpc) is 2.61. The van der Waals surface area contributed by atoms with Crippen LogP contribution >= 0.6 is 23.2 Å². The molecule has 0 aliphatic rings. The summed E-state index contributed by atoms with van der Waals surface area (Å²) in [6.07, 6.45) is 0.0358. The van der Waals surface area contributed by atoms with Crippen molar-refractivity contribution in [3.8, 4) is 5.75 Å². The molecule has 0 aromatic heterocycles. The molecule has 25 heavy (non-hydrogen) atoms. The first-order chi connectivity index (χ1) is 12.0. The standard InChI is InChI=1S/C18H17Cl2NO4/c1-12-7-8-14(19)18(17(12)20)21-15(22)11-25-16(23)9-10-24-13-5-3-2-4-6-13/h2-8H,9-11H2,1H3,(H,21,22). The van der Waals surface area contributed by atoms with Gasteiger partial charge in [-0.15, -0.1) is 0 Å². The van der Waals surface area contributed by atoms with E-state index >= 15 is 0 Å². The molecule has 2 rings (SSSR count). The number of esters is 1. The first-order valence-corrected chi connectivity index (χ1v) is 8.31. The lowest BCUT2D eigenvalue weighted by molar-refractivity contribution is -0.147. The SMILES string of the molecule is Cc1ccc(Cl)c(NC(=O)COC(=O)CCOc2ccccc2)c1Cl. The second-order valence-electron chi connectivity index (χ2n) is 5.17. The van der Waals surface area contributed by atoms with Crippen LogP contribution in [0.15, 0.2) is 42.5 Å². The summed E-state index contributed by atoms with van der Waals surface area (Å²) in [6, 6.07) is 12.5. The lowest BCUT2D eigenvalue weighted by atomic mass is 10.2. The molecule has 0 atom stereocenters. The van der Waals surface area contributed by atoms with Crippen LogP contribution < -0.4 is 10.1 Å². The third kappa shape index (κ3) is 5.96. The van der Waals surface area contributed by atoms with E-state index in [9.17, 15) is 9.59 Å². The van der Waals surface area contributed by atoms with Gasteiger partial charge in [0, 0.05) is 0 Å².